The Morgan fingerprint density at radius 3 is 2.93 bits per heavy atom. The molecule has 1 unspecified atom stereocenters. The quantitative estimate of drug-likeness (QED) is 0.694. The van der Waals surface area contributed by atoms with Gasteiger partial charge in [0.25, 0.3) is 0 Å². The Morgan fingerprint density at radius 2 is 2.23 bits per heavy atom. The zero-order chi connectivity index (χ0) is 21.0. The second-order valence-electron chi connectivity index (χ2n) is 8.13. The number of nitrogens with one attached hydrogen (secondary N) is 1. The monoisotopic (exact) mass is 396 g/mol. The summed E-state index contributed by atoms with van der Waals surface area (Å²) in [7, 11) is 0. The van der Waals surface area contributed by atoms with Crippen molar-refractivity contribution in [1.82, 2.24) is 15.0 Å². The molecule has 3 atom stereocenters. The Kier molecular flexibility index (Phi) is 3.87. The number of fused-ring (bicyclic) bond motifs is 1. The zero-order valence-corrected chi connectivity index (χ0v) is 16.5. The van der Waals surface area contributed by atoms with Crippen LogP contribution in [0.3, 0.4) is 0 Å². The number of nitrogens with two attached hydrogens (primary N) is 1. The molecule has 0 aromatic carbocycles. The summed E-state index contributed by atoms with van der Waals surface area (Å²) in [5, 5.41) is 13.5. The molecule has 2 aliphatic carbocycles. The van der Waals surface area contributed by atoms with E-state index in [1.165, 1.54) is 0 Å². The van der Waals surface area contributed by atoms with E-state index in [4.69, 9.17) is 11.0 Å². The molecule has 148 valence electrons. The molecule has 0 bridgehead atoms. The number of aryl methyl sites for hydroxylation is 1. The third kappa shape index (κ3) is 2.65. The van der Waals surface area contributed by atoms with Crippen LogP contribution in [0.25, 0.3) is 28.1 Å². The topological polar surface area (TPSA) is 118 Å². The number of hydrogen-bond acceptors (Lipinski definition) is 6. The lowest BCUT2D eigenvalue weighted by atomic mass is 9.98. The highest BCUT2D eigenvalue weighted by Crippen LogP contribution is 2.74. The van der Waals surface area contributed by atoms with E-state index in [9.17, 15) is 4.79 Å². The number of nitrogens with zero attached hydrogens (tertiary/aromatic N) is 4. The molecular weight excluding hydrogens is 376 g/mol. The van der Waals surface area contributed by atoms with Crippen LogP contribution in [0.5, 0.6) is 0 Å². The molecule has 3 heterocycles. The first-order valence-electron chi connectivity index (χ1n) is 9.81. The number of pyridine rings is 3. The van der Waals surface area contributed by atoms with Gasteiger partial charge < -0.3 is 11.1 Å². The summed E-state index contributed by atoms with van der Waals surface area (Å²) in [5.41, 5.74) is 9.55. The fraction of sp³-hybridized carbons (Fsp3) is 0.261. The van der Waals surface area contributed by atoms with Crippen molar-refractivity contribution in [3.05, 3.63) is 48.4 Å². The SMILES string of the molecule is C=Cc1c(-c2cnccc2C)nc(N)c2cnc(NC(=O)[C@H]3CC34C[C@H]4C#N)cc12. The molecule has 3 N–H and O–H groups in total. The predicted molar refractivity (Wildman–Crippen MR) is 115 cm³/mol. The number of hydrogen-bond donors (Lipinski definition) is 2. The molecule has 1 amide bonds. The second-order valence-corrected chi connectivity index (χ2v) is 8.13. The molecule has 5 rings (SSSR count). The van der Waals surface area contributed by atoms with Crippen LogP contribution in [0, 0.1) is 35.5 Å². The molecule has 7 heteroatoms. The number of amides is 1. The van der Waals surface area contributed by atoms with Crippen molar-refractivity contribution in [2.24, 2.45) is 17.3 Å². The van der Waals surface area contributed by atoms with Gasteiger partial charge in [-0.25, -0.2) is 9.97 Å². The normalized spacial score (nSPS) is 23.7. The van der Waals surface area contributed by atoms with Crippen LogP contribution in [0.4, 0.5) is 11.6 Å². The van der Waals surface area contributed by atoms with E-state index in [-0.39, 0.29) is 23.2 Å². The summed E-state index contributed by atoms with van der Waals surface area (Å²) >= 11 is 0. The first kappa shape index (κ1) is 18.3. The minimum absolute atomic E-state index is 0.0151. The van der Waals surface area contributed by atoms with Crippen LogP contribution < -0.4 is 11.1 Å². The highest BCUT2D eigenvalue weighted by molar-refractivity contribution is 6.03. The maximum Gasteiger partial charge on any atom is 0.229 e. The van der Waals surface area contributed by atoms with Crippen LogP contribution in [0.2, 0.25) is 0 Å². The Morgan fingerprint density at radius 1 is 1.40 bits per heavy atom. The lowest BCUT2D eigenvalue weighted by molar-refractivity contribution is -0.117. The van der Waals surface area contributed by atoms with Gasteiger partial charge >= 0.3 is 0 Å². The lowest BCUT2D eigenvalue weighted by Crippen LogP contribution is -2.16. The maximum absolute atomic E-state index is 12.7. The van der Waals surface area contributed by atoms with Gasteiger partial charge in [0, 0.05) is 41.0 Å². The first-order valence-corrected chi connectivity index (χ1v) is 9.81. The van der Waals surface area contributed by atoms with E-state index >= 15 is 0 Å². The molecule has 0 aliphatic heterocycles. The highest BCUT2D eigenvalue weighted by Gasteiger charge is 2.73. The maximum atomic E-state index is 12.7. The minimum Gasteiger partial charge on any atom is -0.383 e. The number of carbonyl (C=O) groups excluding carboxylic acids is 1. The number of aromatic nitrogens is 3. The Hall–Kier alpha value is -3.79. The van der Waals surface area contributed by atoms with E-state index in [2.05, 4.69) is 32.9 Å². The van der Waals surface area contributed by atoms with Crippen molar-refractivity contribution in [2.45, 2.75) is 19.8 Å². The van der Waals surface area contributed by atoms with Crippen LogP contribution in [-0.4, -0.2) is 20.9 Å². The predicted octanol–water partition coefficient (Wildman–Crippen LogP) is 3.71. The molecule has 30 heavy (non-hydrogen) atoms. The van der Waals surface area contributed by atoms with Crippen LogP contribution >= 0.6 is 0 Å². The van der Waals surface area contributed by atoms with E-state index in [1.807, 2.05) is 13.0 Å². The summed E-state index contributed by atoms with van der Waals surface area (Å²) in [6.07, 6.45) is 8.45. The summed E-state index contributed by atoms with van der Waals surface area (Å²) in [6, 6.07) is 6.00. The third-order valence-electron chi connectivity index (χ3n) is 6.42. The van der Waals surface area contributed by atoms with Crippen LogP contribution in [0.1, 0.15) is 24.0 Å². The van der Waals surface area contributed by atoms with Crippen molar-refractivity contribution in [1.29, 1.82) is 5.26 Å². The summed E-state index contributed by atoms with van der Waals surface area (Å²) in [5.74, 6) is 0.641. The number of anilines is 2. The molecule has 0 radical (unpaired) electrons. The number of rotatable bonds is 4. The smallest absolute Gasteiger partial charge is 0.229 e. The molecule has 3 aromatic rings. The highest BCUT2D eigenvalue weighted by atomic mass is 16.2. The summed E-state index contributed by atoms with van der Waals surface area (Å²) < 4.78 is 0. The molecule has 2 aliphatic rings. The van der Waals surface area contributed by atoms with Gasteiger partial charge in [-0.1, -0.05) is 12.7 Å². The molecule has 7 nitrogen and oxygen atoms in total. The minimum atomic E-state index is -0.102. The van der Waals surface area contributed by atoms with Crippen molar-refractivity contribution in [3.8, 4) is 17.3 Å². The standard InChI is InChI=1S/C23H20N6O/c1-3-14-15-6-19(28-22(30)18-8-23(18)7-13(23)9-24)27-11-17(15)21(25)29-20(14)16-10-26-5-4-12(16)2/h3-6,10-11,13,18H,1,7-8H2,2H3,(H2,25,29)(H,27,28,30)/t13-,18+,23?/m0/s1. The fourth-order valence-corrected chi connectivity index (χ4v) is 4.44. The first-order chi connectivity index (χ1) is 14.5. The van der Waals surface area contributed by atoms with E-state index in [0.717, 1.165) is 34.9 Å². The fourth-order valence-electron chi connectivity index (χ4n) is 4.44. The van der Waals surface area contributed by atoms with Gasteiger partial charge in [0.2, 0.25) is 5.91 Å². The van der Waals surface area contributed by atoms with Gasteiger partial charge in [0.1, 0.15) is 11.6 Å². The Balaban J connectivity index is 1.54. The van der Waals surface area contributed by atoms with Gasteiger partial charge in [-0.15, -0.1) is 0 Å². The van der Waals surface area contributed by atoms with Crippen molar-refractivity contribution < 1.29 is 4.79 Å². The Bertz CT molecular complexity index is 1280. The molecular formula is C23H20N6O. The number of nitriles is 1. The average Bonchev–Trinajstić information content (AvgIpc) is 3.65. The molecule has 0 saturated heterocycles. The summed E-state index contributed by atoms with van der Waals surface area (Å²) in [4.78, 5) is 25.8. The largest absolute Gasteiger partial charge is 0.383 e. The van der Waals surface area contributed by atoms with Crippen molar-refractivity contribution >= 4 is 34.4 Å². The van der Waals surface area contributed by atoms with Crippen molar-refractivity contribution in [3.63, 3.8) is 0 Å². The average molecular weight is 396 g/mol. The van der Waals surface area contributed by atoms with E-state index < -0.39 is 0 Å². The van der Waals surface area contributed by atoms with Gasteiger partial charge in [-0.2, -0.15) is 5.26 Å². The third-order valence-corrected chi connectivity index (χ3v) is 6.42. The molecule has 2 fully saturated rings. The molecule has 1 spiro atoms. The number of carbonyl (C=O) groups is 1. The van der Waals surface area contributed by atoms with E-state index in [1.54, 1.807) is 30.7 Å². The van der Waals surface area contributed by atoms with Gasteiger partial charge in [-0.3, -0.25) is 9.78 Å². The molecule has 2 saturated carbocycles. The zero-order valence-electron chi connectivity index (χ0n) is 16.5. The molecule has 3 aromatic heterocycles. The number of nitrogen functional groups attached to an aromatic ring is 1. The second kappa shape index (κ2) is 6.36. The lowest BCUT2D eigenvalue weighted by Gasteiger charge is -2.14. The van der Waals surface area contributed by atoms with E-state index in [0.29, 0.717) is 22.7 Å². The van der Waals surface area contributed by atoms with Crippen molar-refractivity contribution in [2.75, 3.05) is 11.1 Å². The van der Waals surface area contributed by atoms with Gasteiger partial charge in [0.05, 0.1) is 17.7 Å². The van der Waals surface area contributed by atoms with Gasteiger partial charge in [0.15, 0.2) is 0 Å². The summed E-state index contributed by atoms with van der Waals surface area (Å²) in [6.45, 7) is 5.95. The van der Waals surface area contributed by atoms with Gasteiger partial charge in [-0.05, 0) is 48.3 Å². The van der Waals surface area contributed by atoms with Crippen LogP contribution in [-0.2, 0) is 4.79 Å². The van der Waals surface area contributed by atoms with Crippen LogP contribution in [0.15, 0.2) is 37.3 Å². The Labute approximate surface area is 173 Å².